The molecule has 2 rings (SSSR count). The van der Waals surface area contributed by atoms with Crippen LogP contribution in [0.2, 0.25) is 0 Å². The van der Waals surface area contributed by atoms with Gasteiger partial charge in [-0.05, 0) is 25.3 Å². The number of nitro benzene ring substituents is 1. The first-order chi connectivity index (χ1) is 12.7. The molecule has 0 bridgehead atoms. The summed E-state index contributed by atoms with van der Waals surface area (Å²) in [6.45, 7) is 7.01. The molecule has 152 valence electrons. The van der Waals surface area contributed by atoms with Gasteiger partial charge >= 0.3 is 0 Å². The standard InChI is InChI=1S/C18H28N4O4.HI/c1-2-19-18(20-8-4-9-25-13-16-7-10-26-14-16)21-12-15-5-3-6-17(11-15)22(23)24;/h3,5-6,11,16H,2,4,7-10,12-14H2,1H3,(H2,19,20,21);1H. The molecule has 0 saturated carbocycles. The van der Waals surface area contributed by atoms with Crippen LogP contribution in [0.4, 0.5) is 5.69 Å². The second-order valence-corrected chi connectivity index (χ2v) is 6.21. The van der Waals surface area contributed by atoms with Crippen LogP contribution in [-0.4, -0.2) is 50.4 Å². The molecule has 1 fully saturated rings. The predicted molar refractivity (Wildman–Crippen MR) is 116 cm³/mol. The summed E-state index contributed by atoms with van der Waals surface area (Å²) in [6, 6.07) is 6.54. The molecule has 1 heterocycles. The summed E-state index contributed by atoms with van der Waals surface area (Å²) < 4.78 is 11.0. The lowest BCUT2D eigenvalue weighted by molar-refractivity contribution is -0.384. The molecule has 1 aromatic carbocycles. The van der Waals surface area contributed by atoms with Crippen molar-refractivity contribution in [1.29, 1.82) is 0 Å². The number of ether oxygens (including phenoxy) is 2. The lowest BCUT2D eigenvalue weighted by Gasteiger charge is -2.12. The number of nitrogens with zero attached hydrogens (tertiary/aromatic N) is 2. The van der Waals surface area contributed by atoms with Gasteiger partial charge < -0.3 is 20.1 Å². The van der Waals surface area contributed by atoms with E-state index in [-0.39, 0.29) is 29.7 Å². The normalized spacial score (nSPS) is 16.6. The SMILES string of the molecule is CCNC(=NCc1cccc([N+](=O)[O-])c1)NCCCOCC1CCOC1.I. The van der Waals surface area contributed by atoms with Crippen molar-refractivity contribution in [2.45, 2.75) is 26.3 Å². The number of hydrogen-bond donors (Lipinski definition) is 2. The molecule has 0 radical (unpaired) electrons. The Morgan fingerprint density at radius 1 is 1.44 bits per heavy atom. The van der Waals surface area contributed by atoms with Gasteiger partial charge in [0.1, 0.15) is 0 Å². The van der Waals surface area contributed by atoms with Gasteiger partial charge in [-0.15, -0.1) is 24.0 Å². The van der Waals surface area contributed by atoms with E-state index in [1.165, 1.54) is 6.07 Å². The van der Waals surface area contributed by atoms with Crippen LogP contribution in [0, 0.1) is 16.0 Å². The topological polar surface area (TPSA) is 98.0 Å². The van der Waals surface area contributed by atoms with Crippen LogP contribution in [0.25, 0.3) is 0 Å². The molecular weight excluding hydrogens is 463 g/mol. The van der Waals surface area contributed by atoms with Crippen molar-refractivity contribution in [1.82, 2.24) is 10.6 Å². The fourth-order valence-electron chi connectivity index (χ4n) is 2.63. The summed E-state index contributed by atoms with van der Waals surface area (Å²) in [6.07, 6.45) is 1.97. The Kier molecular flexibility index (Phi) is 11.9. The van der Waals surface area contributed by atoms with Crippen LogP contribution >= 0.6 is 24.0 Å². The summed E-state index contributed by atoms with van der Waals surface area (Å²) in [7, 11) is 0. The minimum Gasteiger partial charge on any atom is -0.381 e. The van der Waals surface area contributed by atoms with Crippen LogP contribution in [0.3, 0.4) is 0 Å². The highest BCUT2D eigenvalue weighted by molar-refractivity contribution is 14.0. The minimum atomic E-state index is -0.394. The monoisotopic (exact) mass is 492 g/mol. The van der Waals surface area contributed by atoms with Gasteiger partial charge in [-0.1, -0.05) is 12.1 Å². The maximum Gasteiger partial charge on any atom is 0.269 e. The molecule has 9 heteroatoms. The van der Waals surface area contributed by atoms with Crippen LogP contribution in [0.5, 0.6) is 0 Å². The van der Waals surface area contributed by atoms with Crippen molar-refractivity contribution >= 4 is 35.6 Å². The zero-order valence-corrected chi connectivity index (χ0v) is 18.0. The third-order valence-electron chi connectivity index (χ3n) is 4.02. The zero-order valence-electron chi connectivity index (χ0n) is 15.7. The highest BCUT2D eigenvalue weighted by Gasteiger charge is 2.15. The first-order valence-corrected chi connectivity index (χ1v) is 9.10. The Labute approximate surface area is 177 Å². The van der Waals surface area contributed by atoms with E-state index in [0.29, 0.717) is 25.0 Å². The quantitative estimate of drug-likeness (QED) is 0.130. The van der Waals surface area contributed by atoms with Gasteiger partial charge in [-0.25, -0.2) is 4.99 Å². The van der Waals surface area contributed by atoms with Gasteiger partial charge in [0.05, 0.1) is 24.7 Å². The number of hydrogen-bond acceptors (Lipinski definition) is 5. The third kappa shape index (κ3) is 9.34. The molecule has 1 aliphatic rings. The van der Waals surface area contributed by atoms with E-state index in [0.717, 1.165) is 51.3 Å². The lowest BCUT2D eigenvalue weighted by Crippen LogP contribution is -2.38. The Balaban J connectivity index is 0.00000364. The molecule has 1 aliphatic heterocycles. The van der Waals surface area contributed by atoms with E-state index < -0.39 is 4.92 Å². The largest absolute Gasteiger partial charge is 0.381 e. The molecule has 27 heavy (non-hydrogen) atoms. The van der Waals surface area contributed by atoms with Crippen LogP contribution in [0.1, 0.15) is 25.3 Å². The molecule has 1 unspecified atom stereocenters. The van der Waals surface area contributed by atoms with E-state index >= 15 is 0 Å². The molecule has 2 N–H and O–H groups in total. The maximum absolute atomic E-state index is 10.8. The summed E-state index contributed by atoms with van der Waals surface area (Å²) >= 11 is 0. The molecule has 8 nitrogen and oxygen atoms in total. The van der Waals surface area contributed by atoms with Crippen LogP contribution in [0.15, 0.2) is 29.3 Å². The number of nitrogens with one attached hydrogen (secondary N) is 2. The van der Waals surface area contributed by atoms with Gasteiger partial charge in [0, 0.05) is 44.4 Å². The average molecular weight is 492 g/mol. The van der Waals surface area contributed by atoms with E-state index in [9.17, 15) is 10.1 Å². The average Bonchev–Trinajstić information content (AvgIpc) is 3.16. The molecule has 0 spiro atoms. The van der Waals surface area contributed by atoms with Crippen molar-refractivity contribution in [2.75, 3.05) is 39.5 Å². The highest BCUT2D eigenvalue weighted by Crippen LogP contribution is 2.14. The number of guanidine groups is 1. The molecule has 1 atom stereocenters. The number of rotatable bonds is 10. The van der Waals surface area contributed by atoms with Crippen molar-refractivity contribution in [3.8, 4) is 0 Å². The summed E-state index contributed by atoms with van der Waals surface area (Å²) in [5, 5.41) is 17.3. The van der Waals surface area contributed by atoms with Gasteiger partial charge in [-0.3, -0.25) is 10.1 Å². The molecule has 1 aromatic rings. The molecule has 0 aromatic heterocycles. The van der Waals surface area contributed by atoms with E-state index in [2.05, 4.69) is 15.6 Å². The fourth-order valence-corrected chi connectivity index (χ4v) is 2.63. The summed E-state index contributed by atoms with van der Waals surface area (Å²) in [4.78, 5) is 14.9. The minimum absolute atomic E-state index is 0. The smallest absolute Gasteiger partial charge is 0.269 e. The van der Waals surface area contributed by atoms with Gasteiger partial charge in [0.15, 0.2) is 5.96 Å². The number of benzene rings is 1. The Hall–Kier alpha value is -1.46. The Morgan fingerprint density at radius 3 is 3.00 bits per heavy atom. The summed E-state index contributed by atoms with van der Waals surface area (Å²) in [5.74, 6) is 1.24. The van der Waals surface area contributed by atoms with Crippen LogP contribution in [-0.2, 0) is 16.0 Å². The van der Waals surface area contributed by atoms with Crippen LogP contribution < -0.4 is 10.6 Å². The molecule has 0 aliphatic carbocycles. The third-order valence-corrected chi connectivity index (χ3v) is 4.02. The van der Waals surface area contributed by atoms with E-state index in [4.69, 9.17) is 9.47 Å². The van der Waals surface area contributed by atoms with Crippen molar-refractivity contribution < 1.29 is 14.4 Å². The van der Waals surface area contributed by atoms with Gasteiger partial charge in [0.2, 0.25) is 0 Å². The predicted octanol–water partition coefficient (Wildman–Crippen LogP) is 2.71. The fraction of sp³-hybridized carbons (Fsp3) is 0.611. The first kappa shape index (κ1) is 23.6. The number of non-ortho nitro benzene ring substituents is 1. The molecule has 1 saturated heterocycles. The lowest BCUT2D eigenvalue weighted by atomic mass is 10.1. The van der Waals surface area contributed by atoms with Gasteiger partial charge in [0.25, 0.3) is 5.69 Å². The maximum atomic E-state index is 10.8. The van der Waals surface area contributed by atoms with E-state index in [1.54, 1.807) is 12.1 Å². The number of nitro groups is 1. The van der Waals surface area contributed by atoms with Gasteiger partial charge in [-0.2, -0.15) is 0 Å². The van der Waals surface area contributed by atoms with E-state index in [1.807, 2.05) is 13.0 Å². The Morgan fingerprint density at radius 2 is 2.30 bits per heavy atom. The Bertz CT molecular complexity index is 594. The van der Waals surface area contributed by atoms with Crippen molar-refractivity contribution in [3.63, 3.8) is 0 Å². The summed E-state index contributed by atoms with van der Waals surface area (Å²) in [5.41, 5.74) is 0.888. The first-order valence-electron chi connectivity index (χ1n) is 9.10. The number of halogens is 1. The highest BCUT2D eigenvalue weighted by atomic mass is 127. The van der Waals surface area contributed by atoms with Crippen molar-refractivity contribution in [2.24, 2.45) is 10.9 Å². The second-order valence-electron chi connectivity index (χ2n) is 6.21. The molecule has 0 amide bonds. The number of aliphatic imine (C=N–C) groups is 1. The second kappa shape index (κ2) is 13.7. The molecular formula is C18H29IN4O4. The zero-order chi connectivity index (χ0) is 18.6. The van der Waals surface area contributed by atoms with Crippen molar-refractivity contribution in [3.05, 3.63) is 39.9 Å².